The molecule has 0 saturated heterocycles. The van der Waals surface area contributed by atoms with Crippen LogP contribution in [0.15, 0.2) is 64.9 Å². The van der Waals surface area contributed by atoms with Gasteiger partial charge in [0.15, 0.2) is 5.13 Å². The summed E-state index contributed by atoms with van der Waals surface area (Å²) >= 11 is 2.77. The van der Waals surface area contributed by atoms with Gasteiger partial charge in [-0.05, 0) is 24.3 Å². The minimum absolute atomic E-state index is 0.0328. The maximum absolute atomic E-state index is 12.0. The van der Waals surface area contributed by atoms with Crippen molar-refractivity contribution < 1.29 is 9.72 Å². The van der Waals surface area contributed by atoms with Crippen molar-refractivity contribution in [1.82, 2.24) is 4.98 Å². The number of benzene rings is 2. The molecule has 1 heterocycles. The molecule has 0 aliphatic rings. The highest BCUT2D eigenvalue weighted by molar-refractivity contribution is 8.00. The lowest BCUT2D eigenvalue weighted by molar-refractivity contribution is -0.384. The summed E-state index contributed by atoms with van der Waals surface area (Å²) in [6.45, 7) is 0. The fraction of sp³-hybridized carbons (Fsp3) is 0.0588. The number of rotatable bonds is 6. The minimum atomic E-state index is -0.444. The van der Waals surface area contributed by atoms with E-state index in [2.05, 4.69) is 10.3 Å². The molecule has 0 fully saturated rings. The van der Waals surface area contributed by atoms with E-state index in [1.165, 1.54) is 35.2 Å². The van der Waals surface area contributed by atoms with Crippen molar-refractivity contribution in [2.75, 3.05) is 11.1 Å². The molecule has 6 nitrogen and oxygen atoms in total. The van der Waals surface area contributed by atoms with E-state index in [1.807, 2.05) is 30.3 Å². The van der Waals surface area contributed by atoms with Crippen molar-refractivity contribution in [3.8, 4) is 11.3 Å². The van der Waals surface area contributed by atoms with Crippen LogP contribution in [0.25, 0.3) is 11.3 Å². The smallest absolute Gasteiger partial charge is 0.269 e. The third kappa shape index (κ3) is 4.65. The van der Waals surface area contributed by atoms with Crippen LogP contribution in [0.5, 0.6) is 0 Å². The number of amides is 1. The number of carbonyl (C=O) groups is 1. The number of carbonyl (C=O) groups excluding carboxylic acids is 1. The maximum Gasteiger partial charge on any atom is 0.269 e. The first-order valence-corrected chi connectivity index (χ1v) is 9.16. The molecule has 3 aromatic rings. The molecule has 1 N–H and O–H groups in total. The number of nitrogens with one attached hydrogen (secondary N) is 1. The second-order valence-electron chi connectivity index (χ2n) is 4.99. The number of hydrogen-bond acceptors (Lipinski definition) is 6. The van der Waals surface area contributed by atoms with Crippen LogP contribution in [0.3, 0.4) is 0 Å². The second-order valence-corrected chi connectivity index (χ2v) is 6.90. The predicted molar refractivity (Wildman–Crippen MR) is 100 cm³/mol. The van der Waals surface area contributed by atoms with Crippen molar-refractivity contribution >= 4 is 39.8 Å². The van der Waals surface area contributed by atoms with E-state index in [4.69, 9.17) is 0 Å². The van der Waals surface area contributed by atoms with E-state index in [1.54, 1.807) is 17.5 Å². The van der Waals surface area contributed by atoms with Crippen LogP contribution < -0.4 is 5.32 Å². The highest BCUT2D eigenvalue weighted by Gasteiger charge is 2.10. The van der Waals surface area contributed by atoms with E-state index in [0.717, 1.165) is 10.5 Å². The largest absolute Gasteiger partial charge is 0.301 e. The Labute approximate surface area is 152 Å². The summed E-state index contributed by atoms with van der Waals surface area (Å²) in [7, 11) is 0. The summed E-state index contributed by atoms with van der Waals surface area (Å²) in [4.78, 5) is 27.6. The molecule has 1 aromatic heterocycles. The van der Waals surface area contributed by atoms with Crippen LogP contribution in [0.2, 0.25) is 0 Å². The van der Waals surface area contributed by atoms with E-state index in [0.29, 0.717) is 16.6 Å². The summed E-state index contributed by atoms with van der Waals surface area (Å²) in [6, 6.07) is 15.8. The lowest BCUT2D eigenvalue weighted by Crippen LogP contribution is -2.13. The van der Waals surface area contributed by atoms with E-state index in [9.17, 15) is 14.9 Å². The number of hydrogen-bond donors (Lipinski definition) is 1. The van der Waals surface area contributed by atoms with E-state index in [-0.39, 0.29) is 11.6 Å². The summed E-state index contributed by atoms with van der Waals surface area (Å²) in [5, 5.41) is 15.8. The molecule has 0 bridgehead atoms. The fourth-order valence-corrected chi connectivity index (χ4v) is 3.49. The molecule has 126 valence electrons. The van der Waals surface area contributed by atoms with Crippen molar-refractivity contribution in [1.29, 1.82) is 0 Å². The van der Waals surface area contributed by atoms with Crippen LogP contribution in [0, 0.1) is 10.1 Å². The molecule has 0 unspecified atom stereocenters. The van der Waals surface area contributed by atoms with Crippen molar-refractivity contribution in [2.24, 2.45) is 0 Å². The predicted octanol–water partition coefficient (Wildman–Crippen LogP) is 4.45. The second kappa shape index (κ2) is 7.91. The molecule has 0 saturated carbocycles. The van der Waals surface area contributed by atoms with Crippen LogP contribution >= 0.6 is 23.1 Å². The van der Waals surface area contributed by atoms with Crippen LogP contribution in [0.4, 0.5) is 10.8 Å². The Morgan fingerprint density at radius 3 is 2.56 bits per heavy atom. The van der Waals surface area contributed by atoms with Gasteiger partial charge in [-0.3, -0.25) is 14.9 Å². The number of nitro benzene ring substituents is 1. The zero-order chi connectivity index (χ0) is 17.6. The Morgan fingerprint density at radius 2 is 1.88 bits per heavy atom. The standard InChI is InChI=1S/C17H13N3O3S2/c21-16(11-24-14-4-2-1-3-5-14)19-17-18-15(10-25-17)12-6-8-13(9-7-12)20(22)23/h1-10H,11H2,(H,18,19,21). The average Bonchev–Trinajstić information content (AvgIpc) is 3.09. The molecule has 0 aliphatic heterocycles. The first kappa shape index (κ1) is 17.1. The lowest BCUT2D eigenvalue weighted by atomic mass is 10.1. The summed E-state index contributed by atoms with van der Waals surface area (Å²) < 4.78 is 0. The summed E-state index contributed by atoms with van der Waals surface area (Å²) in [5.41, 5.74) is 1.47. The zero-order valence-electron chi connectivity index (χ0n) is 12.9. The number of anilines is 1. The van der Waals surface area contributed by atoms with Gasteiger partial charge in [0.1, 0.15) is 0 Å². The summed E-state index contributed by atoms with van der Waals surface area (Å²) in [6.07, 6.45) is 0. The van der Waals surface area contributed by atoms with Crippen molar-refractivity contribution in [2.45, 2.75) is 4.90 Å². The fourth-order valence-electron chi connectivity index (χ4n) is 2.04. The Hall–Kier alpha value is -2.71. The van der Waals surface area contributed by atoms with Crippen molar-refractivity contribution in [3.63, 3.8) is 0 Å². The molecule has 25 heavy (non-hydrogen) atoms. The Kier molecular flexibility index (Phi) is 5.42. The van der Waals surface area contributed by atoms with Gasteiger partial charge >= 0.3 is 0 Å². The third-order valence-electron chi connectivity index (χ3n) is 3.24. The number of thiazole rings is 1. The molecular weight excluding hydrogens is 358 g/mol. The first-order chi connectivity index (χ1) is 12.1. The highest BCUT2D eigenvalue weighted by atomic mass is 32.2. The quantitative estimate of drug-likeness (QED) is 0.393. The van der Waals surface area contributed by atoms with Gasteiger partial charge < -0.3 is 5.32 Å². The number of nitro groups is 1. The number of nitrogens with zero attached hydrogens (tertiary/aromatic N) is 2. The molecule has 0 atom stereocenters. The topological polar surface area (TPSA) is 85.1 Å². The average molecular weight is 371 g/mol. The van der Waals surface area contributed by atoms with Gasteiger partial charge in [0.25, 0.3) is 5.69 Å². The number of aromatic nitrogens is 1. The maximum atomic E-state index is 12.0. The Morgan fingerprint density at radius 1 is 1.16 bits per heavy atom. The third-order valence-corrected chi connectivity index (χ3v) is 5.01. The normalized spacial score (nSPS) is 10.4. The SMILES string of the molecule is O=C(CSc1ccccc1)Nc1nc(-c2ccc([N+](=O)[O-])cc2)cs1. The van der Waals surface area contributed by atoms with Gasteiger partial charge in [-0.15, -0.1) is 23.1 Å². The van der Waals surface area contributed by atoms with Gasteiger partial charge in [-0.25, -0.2) is 4.98 Å². The van der Waals surface area contributed by atoms with Crippen LogP contribution in [-0.4, -0.2) is 21.6 Å². The number of non-ortho nitro benzene ring substituents is 1. The molecule has 0 spiro atoms. The van der Waals surface area contributed by atoms with E-state index < -0.39 is 4.92 Å². The molecule has 2 aromatic carbocycles. The zero-order valence-corrected chi connectivity index (χ0v) is 14.5. The highest BCUT2D eigenvalue weighted by Crippen LogP contribution is 2.26. The van der Waals surface area contributed by atoms with Gasteiger partial charge in [-0.2, -0.15) is 0 Å². The van der Waals surface area contributed by atoms with Crippen LogP contribution in [0.1, 0.15) is 0 Å². The van der Waals surface area contributed by atoms with Gasteiger partial charge in [0, 0.05) is 28.0 Å². The number of thioether (sulfide) groups is 1. The molecular formula is C17H13N3O3S2. The molecule has 0 aliphatic carbocycles. The lowest BCUT2D eigenvalue weighted by Gasteiger charge is -2.02. The Bertz CT molecular complexity index is 880. The summed E-state index contributed by atoms with van der Waals surface area (Å²) in [5.74, 6) is 0.176. The van der Waals surface area contributed by atoms with Crippen LogP contribution in [-0.2, 0) is 4.79 Å². The monoisotopic (exact) mass is 371 g/mol. The molecule has 1 amide bonds. The molecule has 8 heteroatoms. The van der Waals surface area contributed by atoms with E-state index >= 15 is 0 Å². The van der Waals surface area contributed by atoms with Gasteiger partial charge in [0.2, 0.25) is 5.91 Å². The molecule has 0 radical (unpaired) electrons. The first-order valence-electron chi connectivity index (χ1n) is 7.30. The van der Waals surface area contributed by atoms with Gasteiger partial charge in [0.05, 0.1) is 16.4 Å². The Balaban J connectivity index is 1.59. The van der Waals surface area contributed by atoms with Gasteiger partial charge in [-0.1, -0.05) is 18.2 Å². The minimum Gasteiger partial charge on any atom is -0.301 e. The van der Waals surface area contributed by atoms with Crippen molar-refractivity contribution in [3.05, 3.63) is 70.1 Å². The molecule has 3 rings (SSSR count).